The van der Waals surface area contributed by atoms with Gasteiger partial charge in [0, 0.05) is 19.2 Å². The Balaban J connectivity index is 1.93. The molecular weight excluding hydrogens is 479 g/mol. The van der Waals surface area contributed by atoms with E-state index in [4.69, 9.17) is 4.74 Å². The van der Waals surface area contributed by atoms with Crippen molar-refractivity contribution in [2.75, 3.05) is 13.7 Å². The van der Waals surface area contributed by atoms with Gasteiger partial charge in [-0.05, 0) is 55.2 Å². The number of halogens is 1. The van der Waals surface area contributed by atoms with Crippen molar-refractivity contribution < 1.29 is 28.3 Å². The Morgan fingerprint density at radius 3 is 2.32 bits per heavy atom. The fourth-order valence-electron chi connectivity index (χ4n) is 4.43. The summed E-state index contributed by atoms with van der Waals surface area (Å²) in [7, 11) is 1.40. The van der Waals surface area contributed by atoms with E-state index in [1.807, 2.05) is 13.8 Å². The van der Waals surface area contributed by atoms with Gasteiger partial charge in [-0.3, -0.25) is 14.4 Å². The molecule has 0 saturated heterocycles. The molecule has 1 aromatic rings. The summed E-state index contributed by atoms with van der Waals surface area (Å²) in [6.45, 7) is 6.02. The molecule has 9 nitrogen and oxygen atoms in total. The molecule has 4 amide bonds. The van der Waals surface area contributed by atoms with Crippen LogP contribution in [0.4, 0.5) is 9.18 Å². The number of ketones is 1. The number of Topliss-reactive ketones (excluding diaryl/α,β-unsaturated/α-hetero) is 1. The number of urea groups is 1. The molecule has 1 unspecified atom stereocenters. The van der Waals surface area contributed by atoms with Crippen LogP contribution < -0.4 is 26.0 Å². The summed E-state index contributed by atoms with van der Waals surface area (Å²) >= 11 is 0. The van der Waals surface area contributed by atoms with Crippen LogP contribution in [0.25, 0.3) is 0 Å². The third kappa shape index (κ3) is 10.4. The number of rotatable bonds is 13. The van der Waals surface area contributed by atoms with Gasteiger partial charge in [-0.1, -0.05) is 40.0 Å². The van der Waals surface area contributed by atoms with Crippen LogP contribution in [0, 0.1) is 17.7 Å². The van der Waals surface area contributed by atoms with Crippen molar-refractivity contribution in [1.82, 2.24) is 21.3 Å². The van der Waals surface area contributed by atoms with Gasteiger partial charge in [-0.15, -0.1) is 0 Å². The maximum Gasteiger partial charge on any atom is 0.315 e. The third-order valence-corrected chi connectivity index (χ3v) is 6.49. The lowest BCUT2D eigenvalue weighted by molar-refractivity contribution is -0.140. The molecule has 0 aliphatic heterocycles. The van der Waals surface area contributed by atoms with Crippen molar-refractivity contribution in [3.05, 3.63) is 29.6 Å². The van der Waals surface area contributed by atoms with E-state index < -0.39 is 41.5 Å². The first kappa shape index (κ1) is 30.1. The lowest BCUT2D eigenvalue weighted by Crippen LogP contribution is -2.55. The second-order valence-corrected chi connectivity index (χ2v) is 10.1. The molecule has 1 aliphatic carbocycles. The number of carbonyl (C=O) groups excluding carboxylic acids is 4. The van der Waals surface area contributed by atoms with Gasteiger partial charge in [0.25, 0.3) is 5.91 Å². The SMILES string of the molecule is CCC(NC(=O)[C@H](CC(C)C)NC(=O)NCC1CCCCC1)C(=O)C(=O)NCc1cc(F)cc(OC)c1. The molecule has 0 spiro atoms. The zero-order valence-electron chi connectivity index (χ0n) is 22.3. The Morgan fingerprint density at radius 2 is 1.70 bits per heavy atom. The summed E-state index contributed by atoms with van der Waals surface area (Å²) in [5.41, 5.74) is 0.426. The average Bonchev–Trinajstić information content (AvgIpc) is 2.88. The predicted octanol–water partition coefficient (Wildman–Crippen LogP) is 3.21. The smallest absolute Gasteiger partial charge is 0.315 e. The zero-order chi connectivity index (χ0) is 27.4. The van der Waals surface area contributed by atoms with Crippen LogP contribution >= 0.6 is 0 Å². The number of methoxy groups -OCH3 is 1. The molecule has 10 heteroatoms. The Bertz CT molecular complexity index is 933. The molecular formula is C27H41FN4O5. The van der Waals surface area contributed by atoms with Crippen molar-refractivity contribution in [2.45, 2.75) is 84.3 Å². The second-order valence-electron chi connectivity index (χ2n) is 10.1. The third-order valence-electron chi connectivity index (χ3n) is 6.49. The van der Waals surface area contributed by atoms with Gasteiger partial charge in [0.1, 0.15) is 17.6 Å². The maximum atomic E-state index is 13.7. The van der Waals surface area contributed by atoms with E-state index in [0.717, 1.165) is 12.8 Å². The molecule has 37 heavy (non-hydrogen) atoms. The summed E-state index contributed by atoms with van der Waals surface area (Å²) in [4.78, 5) is 50.7. The molecule has 1 saturated carbocycles. The Morgan fingerprint density at radius 1 is 1.00 bits per heavy atom. The number of hydrogen-bond acceptors (Lipinski definition) is 5. The minimum atomic E-state index is -1.06. The summed E-state index contributed by atoms with van der Waals surface area (Å²) in [6.07, 6.45) is 6.31. The van der Waals surface area contributed by atoms with Gasteiger partial charge in [0.2, 0.25) is 11.7 Å². The van der Waals surface area contributed by atoms with Crippen molar-refractivity contribution in [1.29, 1.82) is 0 Å². The first-order chi connectivity index (χ1) is 17.6. The highest BCUT2D eigenvalue weighted by Crippen LogP contribution is 2.22. The first-order valence-electron chi connectivity index (χ1n) is 13.1. The van der Waals surface area contributed by atoms with Crippen LogP contribution in [0.5, 0.6) is 5.75 Å². The maximum absolute atomic E-state index is 13.7. The number of nitrogens with one attached hydrogen (secondary N) is 4. The zero-order valence-corrected chi connectivity index (χ0v) is 22.3. The molecule has 206 valence electrons. The van der Waals surface area contributed by atoms with Gasteiger partial charge in [-0.25, -0.2) is 9.18 Å². The Labute approximate surface area is 218 Å². The van der Waals surface area contributed by atoms with Gasteiger partial charge in [0.15, 0.2) is 0 Å². The molecule has 0 bridgehead atoms. The topological polar surface area (TPSA) is 126 Å². The van der Waals surface area contributed by atoms with Crippen molar-refractivity contribution in [3.8, 4) is 5.75 Å². The minimum absolute atomic E-state index is 0.0816. The van der Waals surface area contributed by atoms with Crippen LogP contribution in [0.15, 0.2) is 18.2 Å². The molecule has 2 atom stereocenters. The lowest BCUT2D eigenvalue weighted by atomic mass is 9.89. The van der Waals surface area contributed by atoms with Crippen LogP contribution in [-0.2, 0) is 20.9 Å². The monoisotopic (exact) mass is 520 g/mol. The molecule has 4 N–H and O–H groups in total. The Hall–Kier alpha value is -3.17. The summed E-state index contributed by atoms with van der Waals surface area (Å²) < 4.78 is 18.7. The highest BCUT2D eigenvalue weighted by Gasteiger charge is 2.29. The van der Waals surface area contributed by atoms with E-state index in [1.54, 1.807) is 13.0 Å². The largest absolute Gasteiger partial charge is 0.497 e. The molecule has 2 rings (SSSR count). The summed E-state index contributed by atoms with van der Waals surface area (Å²) in [6, 6.07) is 1.65. The van der Waals surface area contributed by atoms with E-state index in [2.05, 4.69) is 21.3 Å². The van der Waals surface area contributed by atoms with E-state index in [-0.39, 0.29) is 18.9 Å². The number of ether oxygens (including phenoxy) is 1. The molecule has 0 radical (unpaired) electrons. The molecule has 1 aliphatic rings. The van der Waals surface area contributed by atoms with Crippen LogP contribution in [0.2, 0.25) is 0 Å². The van der Waals surface area contributed by atoms with Crippen LogP contribution in [0.1, 0.15) is 71.3 Å². The van der Waals surface area contributed by atoms with Crippen LogP contribution in [0.3, 0.4) is 0 Å². The van der Waals surface area contributed by atoms with Crippen molar-refractivity contribution in [3.63, 3.8) is 0 Å². The second kappa shape index (κ2) is 15.2. The summed E-state index contributed by atoms with van der Waals surface area (Å²) in [5.74, 6) is -1.91. The van der Waals surface area contributed by atoms with Crippen LogP contribution in [-0.4, -0.2) is 49.4 Å². The van der Waals surface area contributed by atoms with E-state index in [9.17, 15) is 23.6 Å². The fourth-order valence-corrected chi connectivity index (χ4v) is 4.43. The average molecular weight is 521 g/mol. The normalized spacial score (nSPS) is 15.4. The molecule has 1 fully saturated rings. The number of hydrogen-bond donors (Lipinski definition) is 4. The number of carbonyl (C=O) groups is 4. The van der Waals surface area contributed by atoms with Gasteiger partial charge < -0.3 is 26.0 Å². The van der Waals surface area contributed by atoms with E-state index >= 15 is 0 Å². The molecule has 0 heterocycles. The quantitative estimate of drug-likeness (QED) is 0.297. The first-order valence-corrected chi connectivity index (χ1v) is 13.1. The van der Waals surface area contributed by atoms with Gasteiger partial charge >= 0.3 is 6.03 Å². The minimum Gasteiger partial charge on any atom is -0.497 e. The van der Waals surface area contributed by atoms with Crippen molar-refractivity contribution >= 4 is 23.6 Å². The molecule has 0 aromatic heterocycles. The van der Waals surface area contributed by atoms with Gasteiger partial charge in [0.05, 0.1) is 13.2 Å². The van der Waals surface area contributed by atoms with E-state index in [1.165, 1.54) is 38.5 Å². The van der Waals surface area contributed by atoms with Crippen molar-refractivity contribution in [2.24, 2.45) is 11.8 Å². The standard InChI is InChI=1S/C27H41FN4O5/c1-5-22(24(33)26(35)29-16-19-12-20(28)14-21(13-19)37-4)31-25(34)23(11-17(2)3)32-27(36)30-15-18-9-7-6-8-10-18/h12-14,17-18,22-23H,5-11,15-16H2,1-4H3,(H,29,35)(H,31,34)(H2,30,32,36)/t22?,23-/m0/s1. The van der Waals surface area contributed by atoms with E-state index in [0.29, 0.717) is 30.2 Å². The highest BCUT2D eigenvalue weighted by atomic mass is 19.1. The molecule has 1 aromatic carbocycles. The predicted molar refractivity (Wildman–Crippen MR) is 138 cm³/mol. The lowest BCUT2D eigenvalue weighted by Gasteiger charge is -2.25. The highest BCUT2D eigenvalue weighted by molar-refractivity contribution is 6.38. The number of benzene rings is 1. The Kier molecular flexibility index (Phi) is 12.3. The van der Waals surface area contributed by atoms with Gasteiger partial charge in [-0.2, -0.15) is 0 Å². The fraction of sp³-hybridized carbons (Fsp3) is 0.630. The number of amides is 4. The summed E-state index contributed by atoms with van der Waals surface area (Å²) in [5, 5.41) is 10.7.